The fourth-order valence-electron chi connectivity index (χ4n) is 2.35. The van der Waals surface area contributed by atoms with Gasteiger partial charge in [-0.2, -0.15) is 0 Å². The third-order valence-electron chi connectivity index (χ3n) is 3.29. The van der Waals surface area contributed by atoms with Crippen LogP contribution in [0.25, 0.3) is 0 Å². The predicted molar refractivity (Wildman–Crippen MR) is 77.4 cm³/mol. The minimum Gasteiger partial charge on any atom is -0.466 e. The molecule has 0 aliphatic carbocycles. The van der Waals surface area contributed by atoms with Gasteiger partial charge in [0.15, 0.2) is 0 Å². The molecule has 116 valence electrons. The van der Waals surface area contributed by atoms with Crippen LogP contribution in [0.5, 0.6) is 0 Å². The highest BCUT2D eigenvalue weighted by atomic mass is 16.5. The molecular weight excluding hydrogens is 258 g/mol. The van der Waals surface area contributed by atoms with E-state index in [0.717, 1.165) is 13.1 Å². The van der Waals surface area contributed by atoms with E-state index < -0.39 is 0 Å². The molecule has 1 atom stereocenters. The SMILES string of the molecule is CCOC(=O)CCCNC(=O)CN(C)CC1CCCN1. The molecule has 0 spiro atoms. The highest BCUT2D eigenvalue weighted by Gasteiger charge is 2.17. The topological polar surface area (TPSA) is 70.7 Å². The van der Waals surface area contributed by atoms with E-state index in [1.807, 2.05) is 11.9 Å². The average molecular weight is 285 g/mol. The second kappa shape index (κ2) is 9.72. The van der Waals surface area contributed by atoms with Gasteiger partial charge in [0.1, 0.15) is 0 Å². The first kappa shape index (κ1) is 16.9. The summed E-state index contributed by atoms with van der Waals surface area (Å²) >= 11 is 0. The van der Waals surface area contributed by atoms with Gasteiger partial charge < -0.3 is 15.4 Å². The lowest BCUT2D eigenvalue weighted by atomic mass is 10.2. The summed E-state index contributed by atoms with van der Waals surface area (Å²) in [5, 5.41) is 6.24. The highest BCUT2D eigenvalue weighted by Crippen LogP contribution is 2.05. The molecule has 1 aliphatic rings. The number of esters is 1. The van der Waals surface area contributed by atoms with Crippen LogP contribution in [0.1, 0.15) is 32.6 Å². The zero-order valence-electron chi connectivity index (χ0n) is 12.6. The van der Waals surface area contributed by atoms with Crippen molar-refractivity contribution in [3.05, 3.63) is 0 Å². The number of amides is 1. The van der Waals surface area contributed by atoms with Gasteiger partial charge in [-0.05, 0) is 39.8 Å². The van der Waals surface area contributed by atoms with Crippen LogP contribution in [-0.4, -0.2) is 62.7 Å². The van der Waals surface area contributed by atoms with Crippen LogP contribution in [0.2, 0.25) is 0 Å². The first-order valence-electron chi connectivity index (χ1n) is 7.46. The molecule has 6 nitrogen and oxygen atoms in total. The van der Waals surface area contributed by atoms with Gasteiger partial charge in [-0.15, -0.1) is 0 Å². The van der Waals surface area contributed by atoms with Gasteiger partial charge in [0.05, 0.1) is 13.2 Å². The fourth-order valence-corrected chi connectivity index (χ4v) is 2.35. The summed E-state index contributed by atoms with van der Waals surface area (Å²) in [6.07, 6.45) is 3.39. The molecule has 0 aromatic rings. The molecule has 0 radical (unpaired) electrons. The second-order valence-corrected chi connectivity index (χ2v) is 5.25. The van der Waals surface area contributed by atoms with Gasteiger partial charge in [0, 0.05) is 25.6 Å². The van der Waals surface area contributed by atoms with Crippen molar-refractivity contribution < 1.29 is 14.3 Å². The molecule has 1 unspecified atom stereocenters. The molecule has 1 fully saturated rings. The van der Waals surface area contributed by atoms with Crippen molar-refractivity contribution in [2.45, 2.75) is 38.6 Å². The summed E-state index contributed by atoms with van der Waals surface area (Å²) in [4.78, 5) is 24.8. The number of carbonyl (C=O) groups excluding carboxylic acids is 2. The minimum atomic E-state index is -0.203. The molecule has 20 heavy (non-hydrogen) atoms. The first-order chi connectivity index (χ1) is 9.61. The van der Waals surface area contributed by atoms with Crippen LogP contribution in [0.4, 0.5) is 0 Å². The molecule has 0 saturated carbocycles. The minimum absolute atomic E-state index is 0.00866. The maximum Gasteiger partial charge on any atom is 0.305 e. The molecule has 1 rings (SSSR count). The summed E-state index contributed by atoms with van der Waals surface area (Å²) in [5.41, 5.74) is 0. The molecular formula is C14H27N3O3. The Balaban J connectivity index is 2.02. The summed E-state index contributed by atoms with van der Waals surface area (Å²) in [5.74, 6) is -0.194. The van der Waals surface area contributed by atoms with E-state index in [-0.39, 0.29) is 11.9 Å². The number of carbonyl (C=O) groups is 2. The quantitative estimate of drug-likeness (QED) is 0.465. The molecule has 0 aromatic heterocycles. The number of rotatable bonds is 9. The molecule has 6 heteroatoms. The van der Waals surface area contributed by atoms with Crippen LogP contribution < -0.4 is 10.6 Å². The maximum absolute atomic E-state index is 11.7. The standard InChI is InChI=1S/C14H27N3O3/c1-3-20-14(19)7-5-9-16-13(18)11-17(2)10-12-6-4-8-15-12/h12,15H,3-11H2,1-2H3,(H,16,18). The average Bonchev–Trinajstić information content (AvgIpc) is 2.87. The monoisotopic (exact) mass is 285 g/mol. The van der Waals surface area contributed by atoms with E-state index in [9.17, 15) is 9.59 Å². The summed E-state index contributed by atoms with van der Waals surface area (Å²) in [6.45, 7) is 5.10. The molecule has 1 saturated heterocycles. The number of nitrogens with one attached hydrogen (secondary N) is 2. The third-order valence-corrected chi connectivity index (χ3v) is 3.29. The van der Waals surface area contributed by atoms with Crippen LogP contribution >= 0.6 is 0 Å². The third kappa shape index (κ3) is 7.45. The maximum atomic E-state index is 11.7. The zero-order chi connectivity index (χ0) is 14.8. The lowest BCUT2D eigenvalue weighted by Crippen LogP contribution is -2.41. The van der Waals surface area contributed by atoms with E-state index >= 15 is 0 Å². The van der Waals surface area contributed by atoms with Crippen LogP contribution in [0.15, 0.2) is 0 Å². The van der Waals surface area contributed by atoms with Crippen molar-refractivity contribution >= 4 is 11.9 Å². The largest absolute Gasteiger partial charge is 0.466 e. The van der Waals surface area contributed by atoms with E-state index in [1.54, 1.807) is 6.92 Å². The van der Waals surface area contributed by atoms with Gasteiger partial charge in [0.2, 0.25) is 5.91 Å². The lowest BCUT2D eigenvalue weighted by Gasteiger charge is -2.20. The molecule has 0 bridgehead atoms. The van der Waals surface area contributed by atoms with Crippen LogP contribution in [0.3, 0.4) is 0 Å². The van der Waals surface area contributed by atoms with Crippen LogP contribution in [0, 0.1) is 0 Å². The normalized spacial score (nSPS) is 18.2. The number of likely N-dealkylation sites (N-methyl/N-ethyl adjacent to an activating group) is 1. The van der Waals surface area contributed by atoms with E-state index in [0.29, 0.717) is 38.6 Å². The van der Waals surface area contributed by atoms with Gasteiger partial charge in [0.25, 0.3) is 0 Å². The summed E-state index contributed by atoms with van der Waals surface area (Å²) in [6, 6.07) is 0.511. The van der Waals surface area contributed by atoms with Crippen LogP contribution in [-0.2, 0) is 14.3 Å². The van der Waals surface area contributed by atoms with Crippen molar-refractivity contribution in [1.82, 2.24) is 15.5 Å². The van der Waals surface area contributed by atoms with E-state index in [2.05, 4.69) is 10.6 Å². The van der Waals surface area contributed by atoms with Gasteiger partial charge in [-0.25, -0.2) is 0 Å². The Morgan fingerprint density at radius 1 is 1.45 bits per heavy atom. The number of hydrogen-bond donors (Lipinski definition) is 2. The molecule has 1 heterocycles. The molecule has 0 aromatic carbocycles. The molecule has 1 amide bonds. The summed E-state index contributed by atoms with van der Waals surface area (Å²) < 4.78 is 4.82. The number of ether oxygens (including phenoxy) is 1. The van der Waals surface area contributed by atoms with Crippen molar-refractivity contribution in [2.24, 2.45) is 0 Å². The second-order valence-electron chi connectivity index (χ2n) is 5.25. The number of hydrogen-bond acceptors (Lipinski definition) is 5. The lowest BCUT2D eigenvalue weighted by molar-refractivity contribution is -0.143. The Hall–Kier alpha value is -1.14. The van der Waals surface area contributed by atoms with Crippen molar-refractivity contribution in [3.8, 4) is 0 Å². The Bertz CT molecular complexity index is 304. The van der Waals surface area contributed by atoms with Crippen molar-refractivity contribution in [1.29, 1.82) is 0 Å². The summed E-state index contributed by atoms with van der Waals surface area (Å²) in [7, 11) is 1.96. The smallest absolute Gasteiger partial charge is 0.305 e. The van der Waals surface area contributed by atoms with Gasteiger partial charge in [-0.1, -0.05) is 0 Å². The van der Waals surface area contributed by atoms with E-state index in [4.69, 9.17) is 4.74 Å². The molecule has 2 N–H and O–H groups in total. The number of nitrogens with zero attached hydrogens (tertiary/aromatic N) is 1. The van der Waals surface area contributed by atoms with Crippen molar-refractivity contribution in [3.63, 3.8) is 0 Å². The Morgan fingerprint density at radius 3 is 2.90 bits per heavy atom. The Kier molecular flexibility index (Phi) is 8.22. The van der Waals surface area contributed by atoms with Gasteiger partial charge >= 0.3 is 5.97 Å². The fraction of sp³-hybridized carbons (Fsp3) is 0.857. The molecule has 1 aliphatic heterocycles. The zero-order valence-corrected chi connectivity index (χ0v) is 12.6. The Morgan fingerprint density at radius 2 is 2.25 bits per heavy atom. The predicted octanol–water partition coefficient (Wildman–Crippen LogP) is 0.130. The first-order valence-corrected chi connectivity index (χ1v) is 7.46. The van der Waals surface area contributed by atoms with E-state index in [1.165, 1.54) is 12.8 Å². The Labute approximate surface area is 121 Å². The highest BCUT2D eigenvalue weighted by molar-refractivity contribution is 5.78. The van der Waals surface area contributed by atoms with Gasteiger partial charge in [-0.3, -0.25) is 14.5 Å². The van der Waals surface area contributed by atoms with Crippen molar-refractivity contribution in [2.75, 3.05) is 39.8 Å².